The molecule has 2 aliphatic heterocycles. The van der Waals surface area contributed by atoms with Gasteiger partial charge in [0.2, 0.25) is 13.6 Å². The average molecular weight is 629 g/mol. The van der Waals surface area contributed by atoms with Crippen LogP contribution >= 0.6 is 7.82 Å². The first-order chi connectivity index (χ1) is 19.5. The lowest BCUT2D eigenvalue weighted by Gasteiger charge is -2.29. The van der Waals surface area contributed by atoms with E-state index in [1.165, 1.54) is 27.7 Å². The predicted octanol–water partition coefficient (Wildman–Crippen LogP) is 1.12. The van der Waals surface area contributed by atoms with Crippen molar-refractivity contribution in [2.45, 2.75) is 76.8 Å². The first-order valence-electron chi connectivity index (χ1n) is 12.3. The van der Waals surface area contributed by atoms with E-state index in [-0.39, 0.29) is 17.5 Å². The molecule has 5 atom stereocenters. The van der Waals surface area contributed by atoms with Crippen LogP contribution in [0, 0.1) is 0 Å². The molecule has 3 heterocycles. The molecule has 1 saturated heterocycles. The summed E-state index contributed by atoms with van der Waals surface area (Å²) in [6, 6.07) is 0. The summed E-state index contributed by atoms with van der Waals surface area (Å²) in [5.41, 5.74) is 3.20. The Kier molecular flexibility index (Phi) is 10.4. The van der Waals surface area contributed by atoms with E-state index in [2.05, 4.69) is 24.8 Å². The van der Waals surface area contributed by atoms with Crippen LogP contribution < -0.4 is 11.1 Å². The molecule has 3 rings (SSSR count). The number of carbonyl (C=O) groups is 2. The third kappa shape index (κ3) is 7.84. The number of aliphatic hydroxyl groups excluding tert-OH is 2. The van der Waals surface area contributed by atoms with Crippen LogP contribution in [0.1, 0.15) is 52.8 Å². The molecule has 1 fully saturated rings. The van der Waals surface area contributed by atoms with Crippen molar-refractivity contribution in [2.24, 2.45) is 10.7 Å². The summed E-state index contributed by atoms with van der Waals surface area (Å²) < 4.78 is 68.8. The number of fused-ring (bicyclic) bond motifs is 1. The fraction of sp³-hybridized carbons (Fsp3) is 0.714. The number of halogens is 1. The van der Waals surface area contributed by atoms with Crippen LogP contribution in [0.2, 0.25) is 0 Å². The molecule has 238 valence electrons. The summed E-state index contributed by atoms with van der Waals surface area (Å²) in [7, 11) is -4.95. The number of aliphatic hydroxyl groups is 3. The van der Waals surface area contributed by atoms with E-state index >= 15 is 4.39 Å². The minimum absolute atomic E-state index is 0.0224. The molecule has 42 heavy (non-hydrogen) atoms. The molecule has 1 aromatic heterocycles. The molecule has 0 aromatic carbocycles. The van der Waals surface area contributed by atoms with Gasteiger partial charge in [-0.15, -0.1) is 0 Å². The van der Waals surface area contributed by atoms with E-state index < -0.39 is 82.5 Å². The van der Waals surface area contributed by atoms with E-state index in [9.17, 15) is 29.5 Å². The highest BCUT2D eigenvalue weighted by Gasteiger charge is 2.64. The van der Waals surface area contributed by atoms with Crippen LogP contribution in [-0.4, -0.2) is 93.1 Å². The van der Waals surface area contributed by atoms with Crippen LogP contribution in [0.3, 0.4) is 0 Å². The zero-order chi connectivity index (χ0) is 31.5. The lowest BCUT2D eigenvalue weighted by atomic mass is 9.95. The lowest BCUT2D eigenvalue weighted by Crippen LogP contribution is -2.49. The van der Waals surface area contributed by atoms with Crippen molar-refractivity contribution in [3.8, 4) is 0 Å². The summed E-state index contributed by atoms with van der Waals surface area (Å²) in [4.78, 5) is 30.8. The van der Waals surface area contributed by atoms with Crippen LogP contribution in [0.4, 0.5) is 19.8 Å². The Hall–Kier alpha value is -3.10. The lowest BCUT2D eigenvalue weighted by molar-refractivity contribution is -0.206. The molecule has 5 unspecified atom stereocenters. The number of aromatic nitrogens is 2. The maximum absolute atomic E-state index is 16.0. The Morgan fingerprint density at radius 1 is 1.14 bits per heavy atom. The number of hydrogen-bond acceptors (Lipinski definition) is 18. The fourth-order valence-corrected chi connectivity index (χ4v) is 4.54. The number of phosphoric ester groups is 1. The largest absolute Gasteiger partial charge is 0.510 e. The standard InChI is InChI=1S/C21H33FN5O14P/c1-10(2)39-18(30)34-8-37-42(33,38-9-35-19(31)40-11(3)4)36-6-21(22)15(29)20(5,32)16(41-21)27-7-24-12-13(27)25-17(23)26-14(12)28/h7,10-11,14-16,28-29,32H,6,8-9H2,1-5H3,(H3,23,25,26). The Morgan fingerprint density at radius 3 is 2.21 bits per heavy atom. The number of anilines is 1. The Morgan fingerprint density at radius 2 is 1.69 bits per heavy atom. The van der Waals surface area contributed by atoms with E-state index in [0.29, 0.717) is 0 Å². The normalized spacial score (nSPS) is 27.3. The summed E-state index contributed by atoms with van der Waals surface area (Å²) in [5.74, 6) is -3.53. The second-order valence-electron chi connectivity index (χ2n) is 9.62. The highest BCUT2D eigenvalue weighted by Crippen LogP contribution is 2.53. The van der Waals surface area contributed by atoms with Gasteiger partial charge in [0, 0.05) is 0 Å². The number of hydrogen-bond donors (Lipinski definition) is 5. The third-order valence-corrected chi connectivity index (χ3v) is 6.74. The van der Waals surface area contributed by atoms with Gasteiger partial charge in [-0.2, -0.15) is 0 Å². The van der Waals surface area contributed by atoms with Crippen LogP contribution in [0.25, 0.3) is 0 Å². The van der Waals surface area contributed by atoms with Crippen molar-refractivity contribution in [2.75, 3.05) is 25.5 Å². The van der Waals surface area contributed by atoms with Crippen molar-refractivity contribution in [1.29, 1.82) is 0 Å². The van der Waals surface area contributed by atoms with Gasteiger partial charge in [-0.05, 0) is 34.6 Å². The zero-order valence-corrected chi connectivity index (χ0v) is 24.1. The summed E-state index contributed by atoms with van der Waals surface area (Å²) in [5, 5.41) is 34.4. The van der Waals surface area contributed by atoms with E-state index in [1.54, 1.807) is 0 Å². The fourth-order valence-electron chi connectivity index (χ4n) is 3.62. The maximum Gasteiger partial charge on any atom is 0.510 e. The molecular weight excluding hydrogens is 596 g/mol. The molecule has 6 N–H and O–H groups in total. The highest BCUT2D eigenvalue weighted by molar-refractivity contribution is 7.48. The molecular formula is C21H33FN5O14P. The summed E-state index contributed by atoms with van der Waals surface area (Å²) >= 11 is 0. The molecule has 0 radical (unpaired) electrons. The Balaban J connectivity index is 1.74. The van der Waals surface area contributed by atoms with Gasteiger partial charge >= 0.3 is 20.1 Å². The summed E-state index contributed by atoms with van der Waals surface area (Å²) in [6.45, 7) is 3.59. The van der Waals surface area contributed by atoms with E-state index in [4.69, 9.17) is 33.5 Å². The average Bonchev–Trinajstić information content (AvgIpc) is 3.35. The molecule has 0 aliphatic carbocycles. The number of phosphoric acid groups is 1. The molecule has 0 spiro atoms. The number of ether oxygens (including phenoxy) is 5. The van der Waals surface area contributed by atoms with Gasteiger partial charge in [-0.25, -0.2) is 37.6 Å². The van der Waals surface area contributed by atoms with Gasteiger partial charge in [0.25, 0.3) is 5.85 Å². The number of nitrogens with zero attached hydrogens (tertiary/aromatic N) is 3. The third-order valence-electron chi connectivity index (χ3n) is 5.46. The first-order valence-corrected chi connectivity index (χ1v) is 13.8. The molecule has 0 bridgehead atoms. The molecule has 0 saturated carbocycles. The van der Waals surface area contributed by atoms with Crippen molar-refractivity contribution < 1.29 is 71.1 Å². The van der Waals surface area contributed by atoms with Gasteiger partial charge in [-0.1, -0.05) is 0 Å². The zero-order valence-electron chi connectivity index (χ0n) is 23.2. The van der Waals surface area contributed by atoms with Crippen LogP contribution in [0.5, 0.6) is 0 Å². The number of guanidine groups is 1. The molecule has 1 aromatic rings. The van der Waals surface area contributed by atoms with Gasteiger partial charge in [0.15, 0.2) is 18.4 Å². The Bertz CT molecular complexity index is 1180. The number of alkyl halides is 1. The number of nitrogens with two attached hydrogens (primary N) is 1. The van der Waals surface area contributed by atoms with Gasteiger partial charge < -0.3 is 50.1 Å². The minimum atomic E-state index is -4.95. The number of nitrogens with one attached hydrogen (secondary N) is 1. The SMILES string of the molecule is CC(C)OC(=O)OCOP(=O)(OCOC(=O)OC(C)C)OCC1(F)OC(n2cnc3c2NC(N)=NC3O)C(C)(O)C1O. The van der Waals surface area contributed by atoms with E-state index in [1.807, 2.05) is 0 Å². The topological polar surface area (TPSA) is 254 Å². The first kappa shape index (κ1) is 33.4. The van der Waals surface area contributed by atoms with Crippen molar-refractivity contribution in [1.82, 2.24) is 9.55 Å². The highest BCUT2D eigenvalue weighted by atomic mass is 31.2. The minimum Gasteiger partial charge on any atom is -0.432 e. The van der Waals surface area contributed by atoms with Crippen molar-refractivity contribution in [3.05, 3.63) is 12.0 Å². The number of carbonyl (C=O) groups excluding carboxylic acids is 2. The quantitative estimate of drug-likeness (QED) is 0.123. The second kappa shape index (κ2) is 13.0. The van der Waals surface area contributed by atoms with Crippen LogP contribution in [0.15, 0.2) is 11.3 Å². The van der Waals surface area contributed by atoms with Crippen molar-refractivity contribution >= 4 is 31.9 Å². The number of rotatable bonds is 12. The number of imidazole rings is 1. The van der Waals surface area contributed by atoms with Gasteiger partial charge in [-0.3, -0.25) is 9.09 Å². The number of aliphatic imine (C=N–C) groups is 1. The molecule has 21 heteroatoms. The predicted molar refractivity (Wildman–Crippen MR) is 134 cm³/mol. The molecule has 0 amide bonds. The van der Waals surface area contributed by atoms with Crippen LogP contribution in [-0.2, 0) is 41.8 Å². The molecule has 2 aliphatic rings. The smallest absolute Gasteiger partial charge is 0.432 e. The summed E-state index contributed by atoms with van der Waals surface area (Å²) in [6.07, 6.45) is -8.03. The van der Waals surface area contributed by atoms with Gasteiger partial charge in [0.05, 0.1) is 18.5 Å². The van der Waals surface area contributed by atoms with Crippen molar-refractivity contribution in [3.63, 3.8) is 0 Å². The monoisotopic (exact) mass is 629 g/mol. The maximum atomic E-state index is 16.0. The molecule has 19 nitrogen and oxygen atoms in total. The Labute approximate surface area is 238 Å². The van der Waals surface area contributed by atoms with E-state index in [0.717, 1.165) is 17.8 Å². The second-order valence-corrected chi connectivity index (χ2v) is 11.3. The van der Waals surface area contributed by atoms with Gasteiger partial charge in [0.1, 0.15) is 29.8 Å².